The van der Waals surface area contributed by atoms with Crippen LogP contribution in [-0.4, -0.2) is 38.2 Å². The maximum Gasteiger partial charge on any atom is 0.426 e. The van der Waals surface area contributed by atoms with Crippen molar-refractivity contribution in [1.29, 1.82) is 0 Å². The van der Waals surface area contributed by atoms with Crippen LogP contribution in [0.4, 0.5) is 10.5 Å². The van der Waals surface area contributed by atoms with Gasteiger partial charge in [-0.25, -0.2) is 15.2 Å². The van der Waals surface area contributed by atoms with Crippen LogP contribution in [0.2, 0.25) is 0 Å². The Labute approximate surface area is 126 Å². The van der Waals surface area contributed by atoms with Crippen LogP contribution < -0.4 is 10.4 Å². The van der Waals surface area contributed by atoms with E-state index < -0.39 is 6.09 Å². The van der Waals surface area contributed by atoms with Crippen LogP contribution in [-0.2, 0) is 14.3 Å². The number of rotatable bonds is 5. The normalized spacial score (nSPS) is 10.2. The largest absolute Gasteiger partial charge is 0.447 e. The van der Waals surface area contributed by atoms with Crippen molar-refractivity contribution in [1.82, 2.24) is 5.43 Å². The number of hydrogen-bond donors (Lipinski definition) is 1. The first-order valence-electron chi connectivity index (χ1n) is 5.87. The summed E-state index contributed by atoms with van der Waals surface area (Å²) in [6.07, 6.45) is -0.736. The van der Waals surface area contributed by atoms with E-state index in [0.717, 1.165) is 15.4 Å². The van der Waals surface area contributed by atoms with Gasteiger partial charge in [0.1, 0.15) is 13.2 Å². The molecule has 1 aromatic heterocycles. The summed E-state index contributed by atoms with van der Waals surface area (Å²) in [6, 6.07) is 0. The molecule has 0 fully saturated rings. The van der Waals surface area contributed by atoms with Gasteiger partial charge in [-0.05, 0) is 24.8 Å². The Morgan fingerprint density at radius 2 is 2.15 bits per heavy atom. The second kappa shape index (κ2) is 8.08. The Hall–Kier alpha value is -1.31. The van der Waals surface area contributed by atoms with E-state index in [0.29, 0.717) is 5.69 Å². The SMILES string of the molecule is COCC(=O)N(NC(=O)OCCCl)c1c(C)csc1C. The minimum atomic E-state index is -0.736. The molecule has 0 saturated heterocycles. The molecular weight excluding hydrogens is 304 g/mol. The molecule has 0 aliphatic heterocycles. The molecule has 0 bridgehead atoms. The van der Waals surface area contributed by atoms with E-state index in [9.17, 15) is 9.59 Å². The zero-order chi connectivity index (χ0) is 15.1. The number of thiophene rings is 1. The summed E-state index contributed by atoms with van der Waals surface area (Å²) in [5.41, 5.74) is 3.93. The molecule has 20 heavy (non-hydrogen) atoms. The predicted molar refractivity (Wildman–Crippen MR) is 78.4 cm³/mol. The van der Waals surface area contributed by atoms with Crippen LogP contribution in [0.3, 0.4) is 0 Å². The zero-order valence-corrected chi connectivity index (χ0v) is 13.1. The molecule has 1 rings (SSSR count). The number of aryl methyl sites for hydroxylation is 2. The second-order valence-corrected chi connectivity index (χ2v) is 5.38. The Bertz CT molecular complexity index is 459. The van der Waals surface area contributed by atoms with E-state index in [1.54, 1.807) is 0 Å². The molecular formula is C12H17ClN2O4S. The third-order valence-electron chi connectivity index (χ3n) is 2.37. The maximum atomic E-state index is 12.1. The van der Waals surface area contributed by atoms with E-state index in [1.165, 1.54) is 18.4 Å². The number of amides is 2. The first-order chi connectivity index (χ1) is 9.51. The van der Waals surface area contributed by atoms with Crippen LogP contribution in [0.1, 0.15) is 10.4 Å². The number of nitrogens with one attached hydrogen (secondary N) is 1. The van der Waals surface area contributed by atoms with Gasteiger partial charge >= 0.3 is 6.09 Å². The molecule has 0 aliphatic carbocycles. The summed E-state index contributed by atoms with van der Waals surface area (Å²) < 4.78 is 9.64. The van der Waals surface area contributed by atoms with Crippen LogP contribution in [0, 0.1) is 13.8 Å². The first kappa shape index (κ1) is 16.7. The van der Waals surface area contributed by atoms with Crippen LogP contribution in [0.25, 0.3) is 0 Å². The number of anilines is 1. The molecule has 1 heterocycles. The summed E-state index contributed by atoms with van der Waals surface area (Å²) in [5, 5.41) is 3.06. The van der Waals surface area contributed by atoms with Crippen molar-refractivity contribution in [2.45, 2.75) is 13.8 Å². The number of hydrogen-bond acceptors (Lipinski definition) is 5. The fourth-order valence-corrected chi connectivity index (χ4v) is 2.49. The Morgan fingerprint density at radius 1 is 1.45 bits per heavy atom. The Morgan fingerprint density at radius 3 is 2.65 bits per heavy atom. The van der Waals surface area contributed by atoms with Gasteiger partial charge in [-0.1, -0.05) is 0 Å². The van der Waals surface area contributed by atoms with Gasteiger partial charge in [-0.2, -0.15) is 0 Å². The number of halogens is 1. The monoisotopic (exact) mass is 320 g/mol. The minimum absolute atomic E-state index is 0.0707. The van der Waals surface area contributed by atoms with Gasteiger partial charge in [0.05, 0.1) is 11.6 Å². The fourth-order valence-electron chi connectivity index (χ4n) is 1.59. The van der Waals surface area contributed by atoms with Crippen molar-refractivity contribution in [2.24, 2.45) is 0 Å². The van der Waals surface area contributed by atoms with Crippen LogP contribution >= 0.6 is 22.9 Å². The van der Waals surface area contributed by atoms with E-state index >= 15 is 0 Å². The second-order valence-electron chi connectivity index (χ2n) is 3.92. The summed E-state index contributed by atoms with van der Waals surface area (Å²) in [5.74, 6) is -0.199. The standard InChI is InChI=1S/C12H17ClN2O4S/c1-8-7-20-9(2)11(8)15(10(16)6-18-3)14-12(17)19-5-4-13/h7H,4-6H2,1-3H3,(H,14,17). The number of alkyl halides is 1. The fraction of sp³-hybridized carbons (Fsp3) is 0.500. The van der Waals surface area contributed by atoms with Gasteiger partial charge in [-0.3, -0.25) is 4.79 Å². The average Bonchev–Trinajstić information content (AvgIpc) is 2.73. The van der Waals surface area contributed by atoms with E-state index in [1.807, 2.05) is 19.2 Å². The van der Waals surface area contributed by atoms with Crippen molar-refractivity contribution < 1.29 is 19.1 Å². The Kier molecular flexibility index (Phi) is 6.77. The van der Waals surface area contributed by atoms with E-state index in [2.05, 4.69) is 5.43 Å². The third-order valence-corrected chi connectivity index (χ3v) is 3.55. The highest BCUT2D eigenvalue weighted by molar-refractivity contribution is 7.10. The van der Waals surface area contributed by atoms with Crippen molar-refractivity contribution in [3.8, 4) is 0 Å². The van der Waals surface area contributed by atoms with Crippen LogP contribution in [0.15, 0.2) is 5.38 Å². The highest BCUT2D eigenvalue weighted by atomic mass is 35.5. The van der Waals surface area contributed by atoms with Gasteiger partial charge in [0, 0.05) is 12.0 Å². The average molecular weight is 321 g/mol. The lowest BCUT2D eigenvalue weighted by atomic mass is 10.2. The Balaban J connectivity index is 2.92. The number of carbonyl (C=O) groups is 2. The van der Waals surface area contributed by atoms with Gasteiger partial charge in [-0.15, -0.1) is 22.9 Å². The molecule has 2 amide bonds. The topological polar surface area (TPSA) is 67.9 Å². The lowest BCUT2D eigenvalue weighted by Gasteiger charge is -2.23. The number of carbonyl (C=O) groups excluding carboxylic acids is 2. The van der Waals surface area contributed by atoms with Crippen LogP contribution in [0.5, 0.6) is 0 Å². The quantitative estimate of drug-likeness (QED) is 0.667. The van der Waals surface area contributed by atoms with Crippen molar-refractivity contribution in [3.05, 3.63) is 15.8 Å². The van der Waals surface area contributed by atoms with E-state index in [-0.39, 0.29) is 25.0 Å². The molecule has 0 unspecified atom stereocenters. The highest BCUT2D eigenvalue weighted by Gasteiger charge is 2.23. The molecule has 1 aromatic rings. The molecule has 0 aromatic carbocycles. The van der Waals surface area contributed by atoms with Gasteiger partial charge in [0.25, 0.3) is 5.91 Å². The molecule has 112 valence electrons. The summed E-state index contributed by atoms with van der Waals surface area (Å²) in [6.45, 7) is 3.65. The van der Waals surface area contributed by atoms with Gasteiger partial charge < -0.3 is 9.47 Å². The number of hydrazine groups is 1. The molecule has 6 nitrogen and oxygen atoms in total. The molecule has 1 N–H and O–H groups in total. The molecule has 0 aliphatic rings. The van der Waals surface area contributed by atoms with Crippen molar-refractivity contribution in [2.75, 3.05) is 31.2 Å². The van der Waals surface area contributed by atoms with E-state index in [4.69, 9.17) is 21.1 Å². The number of methoxy groups -OCH3 is 1. The highest BCUT2D eigenvalue weighted by Crippen LogP contribution is 2.29. The molecule has 0 atom stereocenters. The lowest BCUT2D eigenvalue weighted by Crippen LogP contribution is -2.48. The summed E-state index contributed by atoms with van der Waals surface area (Å²) >= 11 is 6.93. The lowest BCUT2D eigenvalue weighted by molar-refractivity contribution is -0.122. The maximum absolute atomic E-state index is 12.1. The molecule has 0 spiro atoms. The minimum Gasteiger partial charge on any atom is -0.447 e. The first-order valence-corrected chi connectivity index (χ1v) is 7.28. The zero-order valence-electron chi connectivity index (χ0n) is 11.6. The van der Waals surface area contributed by atoms with Gasteiger partial charge in [0.2, 0.25) is 0 Å². The van der Waals surface area contributed by atoms with Crippen molar-refractivity contribution >= 4 is 40.6 Å². The summed E-state index contributed by atoms with van der Waals surface area (Å²) in [4.78, 5) is 24.6. The van der Waals surface area contributed by atoms with Crippen molar-refractivity contribution in [3.63, 3.8) is 0 Å². The summed E-state index contributed by atoms with van der Waals surface area (Å²) in [7, 11) is 1.41. The third kappa shape index (κ3) is 4.36. The van der Waals surface area contributed by atoms with Gasteiger partial charge in [0.15, 0.2) is 0 Å². The molecule has 0 radical (unpaired) electrons. The smallest absolute Gasteiger partial charge is 0.426 e. The number of ether oxygens (including phenoxy) is 2. The molecule has 8 heteroatoms. The number of nitrogens with zero attached hydrogens (tertiary/aromatic N) is 1. The molecule has 0 saturated carbocycles. The predicted octanol–water partition coefficient (Wildman–Crippen LogP) is 2.22.